The van der Waals surface area contributed by atoms with Crippen LogP contribution in [-0.2, 0) is 10.0 Å². The molecular weight excluding hydrogens is 364 g/mol. The molecule has 0 unspecified atom stereocenters. The summed E-state index contributed by atoms with van der Waals surface area (Å²) in [6.45, 7) is 1.71. The summed E-state index contributed by atoms with van der Waals surface area (Å²) in [5.74, 6) is -0.415. The average molecular weight is 384 g/mol. The van der Waals surface area contributed by atoms with Gasteiger partial charge < -0.3 is 5.32 Å². The van der Waals surface area contributed by atoms with Crippen LogP contribution in [0.15, 0.2) is 65.7 Å². The van der Waals surface area contributed by atoms with Crippen LogP contribution >= 0.6 is 0 Å². The van der Waals surface area contributed by atoms with Crippen molar-refractivity contribution in [1.29, 1.82) is 0 Å². The summed E-state index contributed by atoms with van der Waals surface area (Å²) in [6, 6.07) is 15.8. The molecule has 27 heavy (non-hydrogen) atoms. The number of hydrogen-bond donors (Lipinski definition) is 1. The number of carbonyl (C=O) groups excluding carboxylic acids is 1. The summed E-state index contributed by atoms with van der Waals surface area (Å²) >= 11 is 0. The van der Waals surface area contributed by atoms with Gasteiger partial charge in [-0.2, -0.15) is 5.10 Å². The van der Waals surface area contributed by atoms with Crippen LogP contribution in [0.25, 0.3) is 5.69 Å². The van der Waals surface area contributed by atoms with E-state index >= 15 is 0 Å². The third-order valence-electron chi connectivity index (χ3n) is 4.05. The standard InChI is InChI=1S/C19H20N4O3S/c1-14-9-10-15(13-18(14)27(25,26)22(2)3)20-19(24)17-11-12-23(21-17)16-7-5-4-6-8-16/h4-13H,1-3H3,(H,20,24). The fourth-order valence-corrected chi connectivity index (χ4v) is 3.66. The quantitative estimate of drug-likeness (QED) is 0.733. The SMILES string of the molecule is Cc1ccc(NC(=O)c2ccn(-c3ccccc3)n2)cc1S(=O)(=O)N(C)C. The average Bonchev–Trinajstić information content (AvgIpc) is 3.14. The van der Waals surface area contributed by atoms with Gasteiger partial charge in [-0.05, 0) is 42.8 Å². The molecule has 0 aliphatic heterocycles. The van der Waals surface area contributed by atoms with E-state index in [2.05, 4.69) is 10.4 Å². The van der Waals surface area contributed by atoms with E-state index in [1.54, 1.807) is 36.0 Å². The molecular formula is C19H20N4O3S. The Hall–Kier alpha value is -2.97. The van der Waals surface area contributed by atoms with Gasteiger partial charge in [-0.1, -0.05) is 24.3 Å². The molecule has 1 amide bonds. The van der Waals surface area contributed by atoms with E-state index in [4.69, 9.17) is 0 Å². The van der Waals surface area contributed by atoms with E-state index in [0.717, 1.165) is 9.99 Å². The summed E-state index contributed by atoms with van der Waals surface area (Å²) in [5, 5.41) is 6.98. The smallest absolute Gasteiger partial charge is 0.276 e. The normalized spacial score (nSPS) is 11.6. The fraction of sp³-hybridized carbons (Fsp3) is 0.158. The molecule has 0 atom stereocenters. The zero-order valence-corrected chi connectivity index (χ0v) is 16.1. The van der Waals surface area contributed by atoms with Gasteiger partial charge in [0, 0.05) is 26.0 Å². The fourth-order valence-electron chi connectivity index (χ4n) is 2.52. The Bertz CT molecular complexity index is 1070. The number of sulfonamides is 1. The molecule has 3 aromatic rings. The molecule has 2 aromatic carbocycles. The van der Waals surface area contributed by atoms with Crippen molar-refractivity contribution in [3.8, 4) is 5.69 Å². The number of para-hydroxylation sites is 1. The maximum absolute atomic E-state index is 12.5. The van der Waals surface area contributed by atoms with Crippen LogP contribution in [0, 0.1) is 6.92 Å². The number of carbonyl (C=O) groups is 1. The predicted octanol–water partition coefficient (Wildman–Crippen LogP) is 2.68. The van der Waals surface area contributed by atoms with Crippen molar-refractivity contribution in [3.05, 3.63) is 72.1 Å². The van der Waals surface area contributed by atoms with Gasteiger partial charge in [-0.3, -0.25) is 4.79 Å². The van der Waals surface area contributed by atoms with Gasteiger partial charge >= 0.3 is 0 Å². The lowest BCUT2D eigenvalue weighted by molar-refractivity contribution is 0.102. The summed E-state index contributed by atoms with van der Waals surface area (Å²) in [6.07, 6.45) is 1.70. The van der Waals surface area contributed by atoms with Gasteiger partial charge in [-0.15, -0.1) is 0 Å². The molecule has 0 radical (unpaired) electrons. The van der Waals surface area contributed by atoms with Crippen LogP contribution in [0.2, 0.25) is 0 Å². The molecule has 1 N–H and O–H groups in total. The Morgan fingerprint density at radius 2 is 1.78 bits per heavy atom. The molecule has 140 valence electrons. The Morgan fingerprint density at radius 3 is 2.44 bits per heavy atom. The Labute approximate surface area is 158 Å². The van der Waals surface area contributed by atoms with Gasteiger partial charge in [-0.25, -0.2) is 17.4 Å². The molecule has 0 saturated carbocycles. The number of nitrogens with zero attached hydrogens (tertiary/aromatic N) is 3. The minimum absolute atomic E-state index is 0.153. The zero-order chi connectivity index (χ0) is 19.6. The molecule has 0 aliphatic carbocycles. The third kappa shape index (κ3) is 3.91. The number of amides is 1. The van der Waals surface area contributed by atoms with Crippen LogP contribution in [-0.4, -0.2) is 42.5 Å². The summed E-state index contributed by atoms with van der Waals surface area (Å²) in [7, 11) is -0.663. The van der Waals surface area contributed by atoms with Gasteiger partial charge in [0.1, 0.15) is 0 Å². The van der Waals surface area contributed by atoms with Crippen molar-refractivity contribution < 1.29 is 13.2 Å². The van der Waals surface area contributed by atoms with Gasteiger partial charge in [0.05, 0.1) is 10.6 Å². The number of nitrogens with one attached hydrogen (secondary N) is 1. The van der Waals surface area contributed by atoms with E-state index in [9.17, 15) is 13.2 Å². The van der Waals surface area contributed by atoms with Crippen molar-refractivity contribution >= 4 is 21.6 Å². The molecule has 8 heteroatoms. The maximum Gasteiger partial charge on any atom is 0.276 e. The highest BCUT2D eigenvalue weighted by atomic mass is 32.2. The van der Waals surface area contributed by atoms with E-state index in [1.807, 2.05) is 30.3 Å². The minimum atomic E-state index is -3.60. The molecule has 1 heterocycles. The molecule has 3 rings (SSSR count). The number of anilines is 1. The highest BCUT2D eigenvalue weighted by Crippen LogP contribution is 2.22. The third-order valence-corrected chi connectivity index (χ3v) is 6.00. The molecule has 0 saturated heterocycles. The topological polar surface area (TPSA) is 84.3 Å². The van der Waals surface area contributed by atoms with E-state index in [1.165, 1.54) is 20.2 Å². The molecule has 1 aromatic heterocycles. The summed E-state index contributed by atoms with van der Waals surface area (Å²) < 4.78 is 27.6. The van der Waals surface area contributed by atoms with E-state index < -0.39 is 15.9 Å². The van der Waals surface area contributed by atoms with Crippen LogP contribution in [0.1, 0.15) is 16.1 Å². The summed E-state index contributed by atoms with van der Waals surface area (Å²) in [4.78, 5) is 12.6. The monoisotopic (exact) mass is 384 g/mol. The van der Waals surface area contributed by atoms with Gasteiger partial charge in [0.2, 0.25) is 10.0 Å². The lowest BCUT2D eigenvalue weighted by Gasteiger charge is -2.15. The molecule has 0 fully saturated rings. The molecule has 7 nitrogen and oxygen atoms in total. The summed E-state index contributed by atoms with van der Waals surface area (Å²) in [5.41, 5.74) is 2.07. The Morgan fingerprint density at radius 1 is 1.07 bits per heavy atom. The second kappa shape index (κ2) is 7.34. The molecule has 0 aliphatic rings. The Balaban J connectivity index is 1.84. The van der Waals surface area contributed by atoms with Crippen LogP contribution < -0.4 is 5.32 Å². The Kier molecular flexibility index (Phi) is 5.11. The minimum Gasteiger partial charge on any atom is -0.321 e. The highest BCUT2D eigenvalue weighted by molar-refractivity contribution is 7.89. The number of rotatable bonds is 5. The lowest BCUT2D eigenvalue weighted by Crippen LogP contribution is -2.23. The van der Waals surface area contributed by atoms with Crippen LogP contribution in [0.5, 0.6) is 0 Å². The number of aromatic nitrogens is 2. The van der Waals surface area contributed by atoms with Crippen molar-refractivity contribution in [2.24, 2.45) is 0 Å². The first-order chi connectivity index (χ1) is 12.8. The number of benzene rings is 2. The van der Waals surface area contributed by atoms with Crippen molar-refractivity contribution in [1.82, 2.24) is 14.1 Å². The second-order valence-corrected chi connectivity index (χ2v) is 8.32. The predicted molar refractivity (Wildman–Crippen MR) is 104 cm³/mol. The number of aryl methyl sites for hydroxylation is 1. The number of hydrogen-bond acceptors (Lipinski definition) is 4. The lowest BCUT2D eigenvalue weighted by atomic mass is 10.2. The van der Waals surface area contributed by atoms with Gasteiger partial charge in [0.15, 0.2) is 5.69 Å². The first-order valence-electron chi connectivity index (χ1n) is 8.24. The largest absolute Gasteiger partial charge is 0.321 e. The van der Waals surface area contributed by atoms with Crippen molar-refractivity contribution in [3.63, 3.8) is 0 Å². The van der Waals surface area contributed by atoms with Crippen molar-refractivity contribution in [2.75, 3.05) is 19.4 Å². The van der Waals surface area contributed by atoms with E-state index in [0.29, 0.717) is 11.3 Å². The van der Waals surface area contributed by atoms with E-state index in [-0.39, 0.29) is 10.6 Å². The second-order valence-electron chi connectivity index (χ2n) is 6.20. The molecule has 0 bridgehead atoms. The maximum atomic E-state index is 12.5. The first kappa shape index (κ1) is 18.8. The van der Waals surface area contributed by atoms with Crippen LogP contribution in [0.4, 0.5) is 5.69 Å². The van der Waals surface area contributed by atoms with Crippen LogP contribution in [0.3, 0.4) is 0 Å². The highest BCUT2D eigenvalue weighted by Gasteiger charge is 2.21. The van der Waals surface area contributed by atoms with Gasteiger partial charge in [0.25, 0.3) is 5.91 Å². The van der Waals surface area contributed by atoms with Crippen molar-refractivity contribution in [2.45, 2.75) is 11.8 Å². The first-order valence-corrected chi connectivity index (χ1v) is 9.68. The molecule has 0 spiro atoms. The zero-order valence-electron chi connectivity index (χ0n) is 15.2.